The predicted molar refractivity (Wildman–Crippen MR) is 109 cm³/mol. The molecule has 0 aromatic heterocycles. The number of nitrogens with one attached hydrogen (secondary N) is 2. The first kappa shape index (κ1) is 20.6. The summed E-state index contributed by atoms with van der Waals surface area (Å²) in [5.41, 5.74) is 1.16. The summed E-state index contributed by atoms with van der Waals surface area (Å²) in [4.78, 5) is 12.6. The second-order valence-corrected chi connectivity index (χ2v) is 8.80. The number of piperidine rings is 1. The van der Waals surface area contributed by atoms with Crippen molar-refractivity contribution in [2.45, 2.75) is 81.7 Å². The number of halogens is 2. The van der Waals surface area contributed by atoms with Gasteiger partial charge in [-0.05, 0) is 62.1 Å². The van der Waals surface area contributed by atoms with Gasteiger partial charge < -0.3 is 10.6 Å². The first-order chi connectivity index (χ1) is 12.6. The second-order valence-electron chi connectivity index (χ2n) is 8.80. The smallest absolute Gasteiger partial charge is 0.220 e. The van der Waals surface area contributed by atoms with Gasteiger partial charge in [-0.25, -0.2) is 4.39 Å². The highest BCUT2D eigenvalue weighted by Gasteiger charge is 2.36. The number of rotatable bonds is 5. The van der Waals surface area contributed by atoms with Crippen molar-refractivity contribution in [3.63, 3.8) is 0 Å². The van der Waals surface area contributed by atoms with Gasteiger partial charge >= 0.3 is 0 Å². The van der Waals surface area contributed by atoms with E-state index in [9.17, 15) is 9.18 Å². The van der Waals surface area contributed by atoms with E-state index in [1.165, 1.54) is 37.7 Å². The topological polar surface area (TPSA) is 41.1 Å². The fourth-order valence-electron chi connectivity index (χ4n) is 5.54. The zero-order valence-corrected chi connectivity index (χ0v) is 16.8. The van der Waals surface area contributed by atoms with Crippen LogP contribution in [-0.4, -0.2) is 24.5 Å². The number of carbonyl (C=O) groups is 1. The van der Waals surface area contributed by atoms with Gasteiger partial charge in [-0.1, -0.05) is 31.4 Å². The third-order valence-corrected chi connectivity index (χ3v) is 6.94. The predicted octanol–water partition coefficient (Wildman–Crippen LogP) is 4.49. The highest BCUT2D eigenvalue weighted by atomic mass is 35.5. The van der Waals surface area contributed by atoms with Crippen molar-refractivity contribution in [3.05, 3.63) is 35.6 Å². The lowest BCUT2D eigenvalue weighted by Gasteiger charge is -2.38. The Kier molecular flexibility index (Phi) is 6.80. The maximum atomic E-state index is 13.3. The van der Waals surface area contributed by atoms with E-state index in [0.29, 0.717) is 31.0 Å². The Bertz CT molecular complexity index is 618. The molecule has 3 nitrogen and oxygen atoms in total. The number of fused-ring (bicyclic) bond motifs is 2. The van der Waals surface area contributed by atoms with Gasteiger partial charge in [0.2, 0.25) is 5.91 Å². The van der Waals surface area contributed by atoms with Crippen LogP contribution >= 0.6 is 12.4 Å². The molecule has 2 N–H and O–H groups in total. The van der Waals surface area contributed by atoms with Crippen LogP contribution in [0.2, 0.25) is 0 Å². The SMILES string of the molecule is Cl.O=C(CC1CC2CCC(C1)N2)NCC1(c2ccc(F)cc2)CCCCC1. The highest BCUT2D eigenvalue weighted by molar-refractivity contribution is 5.85. The van der Waals surface area contributed by atoms with Crippen molar-refractivity contribution >= 4 is 18.3 Å². The van der Waals surface area contributed by atoms with Gasteiger partial charge in [-0.2, -0.15) is 0 Å². The molecule has 2 unspecified atom stereocenters. The molecule has 2 saturated heterocycles. The van der Waals surface area contributed by atoms with E-state index in [0.717, 1.165) is 25.7 Å². The van der Waals surface area contributed by atoms with Gasteiger partial charge in [-0.3, -0.25) is 4.79 Å². The zero-order chi connectivity index (χ0) is 18.0. The van der Waals surface area contributed by atoms with E-state index in [4.69, 9.17) is 0 Å². The average molecular weight is 395 g/mol. The van der Waals surface area contributed by atoms with Crippen molar-refractivity contribution in [1.82, 2.24) is 10.6 Å². The quantitative estimate of drug-likeness (QED) is 0.772. The summed E-state index contributed by atoms with van der Waals surface area (Å²) in [6.07, 6.45) is 11.3. The van der Waals surface area contributed by atoms with E-state index in [1.54, 1.807) is 12.1 Å². The lowest BCUT2D eigenvalue weighted by atomic mass is 9.69. The lowest BCUT2D eigenvalue weighted by Crippen LogP contribution is -2.44. The van der Waals surface area contributed by atoms with Crippen LogP contribution in [0.25, 0.3) is 0 Å². The van der Waals surface area contributed by atoms with Crippen LogP contribution in [0.5, 0.6) is 0 Å². The van der Waals surface area contributed by atoms with Crippen molar-refractivity contribution < 1.29 is 9.18 Å². The molecule has 2 atom stereocenters. The van der Waals surface area contributed by atoms with Crippen LogP contribution in [0.1, 0.15) is 69.8 Å². The summed E-state index contributed by atoms with van der Waals surface area (Å²) in [6.45, 7) is 0.690. The molecule has 3 fully saturated rings. The van der Waals surface area contributed by atoms with Crippen molar-refractivity contribution in [3.8, 4) is 0 Å². The summed E-state index contributed by atoms with van der Waals surface area (Å²) < 4.78 is 13.3. The molecule has 1 aromatic carbocycles. The van der Waals surface area contributed by atoms with Crippen LogP contribution in [0.4, 0.5) is 4.39 Å². The van der Waals surface area contributed by atoms with Gasteiger partial charge in [0.05, 0.1) is 0 Å². The summed E-state index contributed by atoms with van der Waals surface area (Å²) in [6, 6.07) is 8.21. The Morgan fingerprint density at radius 1 is 1.07 bits per heavy atom. The fraction of sp³-hybridized carbons (Fsp3) is 0.682. The number of carbonyl (C=O) groups excluding carboxylic acids is 1. The van der Waals surface area contributed by atoms with E-state index < -0.39 is 0 Å². The normalized spacial score (nSPS) is 29.0. The van der Waals surface area contributed by atoms with Crippen molar-refractivity contribution in [2.75, 3.05) is 6.54 Å². The first-order valence-electron chi connectivity index (χ1n) is 10.4. The zero-order valence-electron chi connectivity index (χ0n) is 16.0. The molecule has 2 heterocycles. The molecule has 150 valence electrons. The van der Waals surface area contributed by atoms with E-state index in [1.807, 2.05) is 12.1 Å². The summed E-state index contributed by atoms with van der Waals surface area (Å²) in [7, 11) is 0. The van der Waals surface area contributed by atoms with Gasteiger partial charge in [-0.15, -0.1) is 12.4 Å². The molecule has 0 spiro atoms. The Morgan fingerprint density at radius 3 is 2.33 bits per heavy atom. The summed E-state index contributed by atoms with van der Waals surface area (Å²) in [5, 5.41) is 6.90. The Morgan fingerprint density at radius 2 is 1.70 bits per heavy atom. The molecule has 27 heavy (non-hydrogen) atoms. The molecule has 3 aliphatic rings. The third-order valence-electron chi connectivity index (χ3n) is 6.94. The van der Waals surface area contributed by atoms with Crippen LogP contribution in [0, 0.1) is 11.7 Å². The van der Waals surface area contributed by atoms with Crippen LogP contribution in [0.3, 0.4) is 0 Å². The third kappa shape index (κ3) is 4.83. The van der Waals surface area contributed by atoms with E-state index in [-0.39, 0.29) is 29.5 Å². The summed E-state index contributed by atoms with van der Waals surface area (Å²) >= 11 is 0. The largest absolute Gasteiger partial charge is 0.355 e. The van der Waals surface area contributed by atoms with Crippen LogP contribution in [-0.2, 0) is 10.2 Å². The molecular formula is C22H32ClFN2O. The first-order valence-corrected chi connectivity index (χ1v) is 10.4. The second kappa shape index (κ2) is 8.91. The summed E-state index contributed by atoms with van der Waals surface area (Å²) in [5.74, 6) is 0.537. The average Bonchev–Trinajstić information content (AvgIpc) is 3.00. The lowest BCUT2D eigenvalue weighted by molar-refractivity contribution is -0.122. The minimum absolute atomic E-state index is 0. The molecule has 2 aliphatic heterocycles. The Labute approximate surface area is 168 Å². The molecule has 1 aromatic rings. The molecule has 0 radical (unpaired) electrons. The molecular weight excluding hydrogens is 363 g/mol. The molecule has 5 heteroatoms. The van der Waals surface area contributed by atoms with Crippen molar-refractivity contribution in [1.29, 1.82) is 0 Å². The Balaban J connectivity index is 0.00000210. The van der Waals surface area contributed by atoms with Gasteiger partial charge in [0, 0.05) is 30.5 Å². The Hall–Kier alpha value is -1.13. The molecule has 1 amide bonds. The molecule has 1 saturated carbocycles. The molecule has 4 rings (SSSR count). The van der Waals surface area contributed by atoms with Gasteiger partial charge in [0.25, 0.3) is 0 Å². The van der Waals surface area contributed by atoms with E-state index >= 15 is 0 Å². The minimum Gasteiger partial charge on any atom is -0.355 e. The molecule has 2 bridgehead atoms. The number of hydrogen-bond donors (Lipinski definition) is 2. The maximum Gasteiger partial charge on any atom is 0.220 e. The number of hydrogen-bond acceptors (Lipinski definition) is 2. The van der Waals surface area contributed by atoms with Gasteiger partial charge in [0.1, 0.15) is 5.82 Å². The standard InChI is InChI=1S/C22H31FN2O.ClH/c23-18-6-4-17(5-7-18)22(10-2-1-3-11-22)15-24-21(26)14-16-12-19-8-9-20(13-16)25-19;/h4-7,16,19-20,25H,1-3,8-15H2,(H,24,26);1H. The van der Waals surface area contributed by atoms with Crippen molar-refractivity contribution in [2.24, 2.45) is 5.92 Å². The number of amides is 1. The van der Waals surface area contributed by atoms with Gasteiger partial charge in [0.15, 0.2) is 0 Å². The molecule has 1 aliphatic carbocycles. The van der Waals surface area contributed by atoms with E-state index in [2.05, 4.69) is 10.6 Å². The monoisotopic (exact) mass is 394 g/mol. The van der Waals surface area contributed by atoms with Crippen LogP contribution in [0.15, 0.2) is 24.3 Å². The fourth-order valence-corrected chi connectivity index (χ4v) is 5.54. The van der Waals surface area contributed by atoms with Crippen LogP contribution < -0.4 is 10.6 Å². The number of benzene rings is 1. The minimum atomic E-state index is -0.190. The maximum absolute atomic E-state index is 13.3. The highest BCUT2D eigenvalue weighted by Crippen LogP contribution is 2.39.